The number of hydrogen-bond acceptors (Lipinski definition) is 4. The van der Waals surface area contributed by atoms with Gasteiger partial charge in [-0.05, 0) is 51.0 Å². The van der Waals surface area contributed by atoms with E-state index in [1.54, 1.807) is 11.3 Å². The lowest BCUT2D eigenvalue weighted by atomic mass is 10.2. The second kappa shape index (κ2) is 5.21. The molecule has 0 bridgehead atoms. The van der Waals surface area contributed by atoms with Crippen molar-refractivity contribution in [1.29, 1.82) is 0 Å². The summed E-state index contributed by atoms with van der Waals surface area (Å²) in [4.78, 5) is 4.62. The number of nitrogens with one attached hydrogen (secondary N) is 1. The lowest BCUT2D eigenvalue weighted by Gasteiger charge is -2.09. The van der Waals surface area contributed by atoms with Crippen molar-refractivity contribution in [2.24, 2.45) is 0 Å². The van der Waals surface area contributed by atoms with Crippen molar-refractivity contribution in [2.75, 3.05) is 5.32 Å². The highest BCUT2D eigenvalue weighted by atomic mass is 32.1. The molecule has 100 valence electrons. The largest absolute Gasteiger partial charge is 0.491 e. The lowest BCUT2D eigenvalue weighted by molar-refractivity contribution is 0.242. The summed E-state index contributed by atoms with van der Waals surface area (Å²) >= 11 is 1.67. The molecule has 1 saturated carbocycles. The summed E-state index contributed by atoms with van der Waals surface area (Å²) < 4.78 is 5.64. The van der Waals surface area contributed by atoms with E-state index in [0.29, 0.717) is 6.04 Å². The van der Waals surface area contributed by atoms with Gasteiger partial charge in [-0.2, -0.15) is 0 Å². The van der Waals surface area contributed by atoms with Crippen LogP contribution in [0.25, 0.3) is 11.3 Å². The molecule has 1 aromatic heterocycles. The monoisotopic (exact) mass is 274 g/mol. The molecule has 0 amide bonds. The SMILES string of the molecule is CC(C)Oc1ccc(-c2csc(NC3CC3)n2)cc1. The standard InChI is InChI=1S/C15H18N2OS/c1-10(2)18-13-7-3-11(4-8-13)14-9-19-15(17-14)16-12-5-6-12/h3-4,7-10,12H,5-6H2,1-2H3,(H,16,17). The second-order valence-corrected chi connectivity index (χ2v) is 6.01. The van der Waals surface area contributed by atoms with Crippen molar-refractivity contribution in [2.45, 2.75) is 38.8 Å². The van der Waals surface area contributed by atoms with Crippen molar-refractivity contribution < 1.29 is 4.74 Å². The molecule has 1 aliphatic carbocycles. The molecule has 0 spiro atoms. The first kappa shape index (κ1) is 12.5. The summed E-state index contributed by atoms with van der Waals surface area (Å²) in [6.45, 7) is 4.06. The summed E-state index contributed by atoms with van der Waals surface area (Å²) in [5.74, 6) is 0.908. The van der Waals surface area contributed by atoms with E-state index in [9.17, 15) is 0 Å². The Balaban J connectivity index is 1.71. The zero-order chi connectivity index (χ0) is 13.2. The van der Waals surface area contributed by atoms with E-state index in [0.717, 1.165) is 22.1 Å². The maximum Gasteiger partial charge on any atom is 0.183 e. The smallest absolute Gasteiger partial charge is 0.183 e. The first-order chi connectivity index (χ1) is 9.20. The molecule has 0 radical (unpaired) electrons. The Morgan fingerprint density at radius 2 is 2.00 bits per heavy atom. The summed E-state index contributed by atoms with van der Waals surface area (Å²) in [5, 5.41) is 6.55. The molecular formula is C15H18N2OS. The molecule has 0 saturated heterocycles. The van der Waals surface area contributed by atoms with Gasteiger partial charge in [0.05, 0.1) is 11.8 Å². The van der Waals surface area contributed by atoms with Gasteiger partial charge in [0, 0.05) is 17.0 Å². The summed E-state index contributed by atoms with van der Waals surface area (Å²) in [6.07, 6.45) is 2.76. The Labute approximate surface area is 117 Å². The number of nitrogens with zero attached hydrogens (tertiary/aromatic N) is 1. The van der Waals surface area contributed by atoms with Crippen molar-refractivity contribution in [3.8, 4) is 17.0 Å². The summed E-state index contributed by atoms with van der Waals surface area (Å²) in [5.41, 5.74) is 2.17. The first-order valence-corrected chi connectivity index (χ1v) is 7.58. The van der Waals surface area contributed by atoms with Crippen LogP contribution in [0.2, 0.25) is 0 Å². The Hall–Kier alpha value is -1.55. The van der Waals surface area contributed by atoms with Crippen LogP contribution in [0, 0.1) is 0 Å². The van der Waals surface area contributed by atoms with Crippen molar-refractivity contribution in [3.05, 3.63) is 29.6 Å². The van der Waals surface area contributed by atoms with Gasteiger partial charge in [0.25, 0.3) is 0 Å². The van der Waals surface area contributed by atoms with Gasteiger partial charge in [0.15, 0.2) is 5.13 Å². The summed E-state index contributed by atoms with van der Waals surface area (Å²) in [6, 6.07) is 8.79. The van der Waals surface area contributed by atoms with E-state index in [-0.39, 0.29) is 6.10 Å². The quantitative estimate of drug-likeness (QED) is 0.888. The number of rotatable bonds is 5. The van der Waals surface area contributed by atoms with Gasteiger partial charge >= 0.3 is 0 Å². The van der Waals surface area contributed by atoms with Crippen molar-refractivity contribution >= 4 is 16.5 Å². The van der Waals surface area contributed by atoms with Gasteiger partial charge in [-0.3, -0.25) is 0 Å². The van der Waals surface area contributed by atoms with Crippen LogP contribution >= 0.6 is 11.3 Å². The van der Waals surface area contributed by atoms with E-state index >= 15 is 0 Å². The Kier molecular flexibility index (Phi) is 3.42. The van der Waals surface area contributed by atoms with Crippen LogP contribution in [-0.2, 0) is 0 Å². The zero-order valence-electron chi connectivity index (χ0n) is 11.2. The highest BCUT2D eigenvalue weighted by Crippen LogP contribution is 2.30. The number of benzene rings is 1. The predicted octanol–water partition coefficient (Wildman–Crippen LogP) is 4.17. The van der Waals surface area contributed by atoms with Crippen molar-refractivity contribution in [3.63, 3.8) is 0 Å². The molecule has 1 aliphatic rings. The molecule has 1 aromatic carbocycles. The zero-order valence-corrected chi connectivity index (χ0v) is 12.0. The van der Waals surface area contributed by atoms with E-state index in [4.69, 9.17) is 4.74 Å². The average molecular weight is 274 g/mol. The minimum atomic E-state index is 0.208. The normalized spacial score (nSPS) is 14.7. The molecule has 1 fully saturated rings. The average Bonchev–Trinajstić information content (AvgIpc) is 3.06. The predicted molar refractivity (Wildman–Crippen MR) is 80.0 cm³/mol. The number of hydrogen-bond donors (Lipinski definition) is 1. The van der Waals surface area contributed by atoms with E-state index in [1.165, 1.54) is 12.8 Å². The highest BCUT2D eigenvalue weighted by molar-refractivity contribution is 7.14. The van der Waals surface area contributed by atoms with Crippen LogP contribution in [0.15, 0.2) is 29.6 Å². The molecular weight excluding hydrogens is 256 g/mol. The van der Waals surface area contributed by atoms with Crippen LogP contribution in [0.5, 0.6) is 5.75 Å². The van der Waals surface area contributed by atoms with Gasteiger partial charge in [-0.15, -0.1) is 11.3 Å². The van der Waals surface area contributed by atoms with Crippen LogP contribution in [-0.4, -0.2) is 17.1 Å². The fraction of sp³-hybridized carbons (Fsp3) is 0.400. The Morgan fingerprint density at radius 3 is 2.63 bits per heavy atom. The minimum absolute atomic E-state index is 0.208. The maximum atomic E-state index is 5.64. The molecule has 0 aliphatic heterocycles. The Bertz CT molecular complexity index is 544. The van der Waals surface area contributed by atoms with E-state index in [1.807, 2.05) is 26.0 Å². The molecule has 0 unspecified atom stereocenters. The third kappa shape index (κ3) is 3.26. The van der Waals surface area contributed by atoms with E-state index < -0.39 is 0 Å². The fourth-order valence-corrected chi connectivity index (χ4v) is 2.65. The number of ether oxygens (including phenoxy) is 1. The third-order valence-corrected chi connectivity index (χ3v) is 3.70. The van der Waals surface area contributed by atoms with Gasteiger partial charge in [-0.1, -0.05) is 0 Å². The molecule has 4 heteroatoms. The second-order valence-electron chi connectivity index (χ2n) is 5.15. The topological polar surface area (TPSA) is 34.1 Å². The van der Waals surface area contributed by atoms with E-state index in [2.05, 4.69) is 27.8 Å². The molecule has 3 nitrogen and oxygen atoms in total. The number of aromatic nitrogens is 1. The molecule has 1 heterocycles. The molecule has 0 atom stereocenters. The first-order valence-electron chi connectivity index (χ1n) is 6.70. The summed E-state index contributed by atoms with van der Waals surface area (Å²) in [7, 11) is 0. The van der Waals surface area contributed by atoms with Crippen molar-refractivity contribution in [1.82, 2.24) is 4.98 Å². The lowest BCUT2D eigenvalue weighted by Crippen LogP contribution is -2.05. The van der Waals surface area contributed by atoms with Gasteiger partial charge < -0.3 is 10.1 Å². The van der Waals surface area contributed by atoms with Crippen LogP contribution in [0.1, 0.15) is 26.7 Å². The minimum Gasteiger partial charge on any atom is -0.491 e. The molecule has 2 aromatic rings. The maximum absolute atomic E-state index is 5.64. The van der Waals surface area contributed by atoms with Gasteiger partial charge in [0.2, 0.25) is 0 Å². The molecule has 1 N–H and O–H groups in total. The molecule has 3 rings (SSSR count). The number of anilines is 1. The number of thiazole rings is 1. The Morgan fingerprint density at radius 1 is 1.26 bits per heavy atom. The van der Waals surface area contributed by atoms with Gasteiger partial charge in [0.1, 0.15) is 5.75 Å². The van der Waals surface area contributed by atoms with Crippen LogP contribution in [0.4, 0.5) is 5.13 Å². The van der Waals surface area contributed by atoms with Gasteiger partial charge in [-0.25, -0.2) is 4.98 Å². The highest BCUT2D eigenvalue weighted by Gasteiger charge is 2.22. The van der Waals surface area contributed by atoms with Crippen LogP contribution < -0.4 is 10.1 Å². The van der Waals surface area contributed by atoms with Crippen LogP contribution in [0.3, 0.4) is 0 Å². The third-order valence-electron chi connectivity index (χ3n) is 2.93. The molecule has 19 heavy (non-hydrogen) atoms. The fourth-order valence-electron chi connectivity index (χ4n) is 1.85.